The normalized spacial score (nSPS) is 10.8. The molecule has 0 aliphatic rings. The number of nitrogens with one attached hydrogen (secondary N) is 1. The van der Waals surface area contributed by atoms with Gasteiger partial charge in [-0.3, -0.25) is 4.79 Å². The molecular weight excluding hydrogens is 415 g/mol. The van der Waals surface area contributed by atoms with Crippen LogP contribution in [-0.4, -0.2) is 35.6 Å². The monoisotopic (exact) mass is 428 g/mol. The van der Waals surface area contributed by atoms with Crippen LogP contribution in [0.15, 0.2) is 61.2 Å². The summed E-state index contributed by atoms with van der Waals surface area (Å²) in [6, 6.07) is 12.4. The van der Waals surface area contributed by atoms with E-state index in [2.05, 4.69) is 20.5 Å². The summed E-state index contributed by atoms with van der Waals surface area (Å²) >= 11 is 11.8. The molecule has 0 spiro atoms. The Kier molecular flexibility index (Phi) is 5.20. The molecule has 4 aromatic rings. The molecule has 8 nitrogen and oxygen atoms in total. The topological polar surface area (TPSA) is 97.9 Å². The number of nitrogens with zero attached hydrogens (tertiary/aromatic N) is 5. The lowest BCUT2D eigenvalue weighted by molar-refractivity contribution is 0.0940. The SMILES string of the molecule is O=C(NCc1cccc(-n2cccn2)c1)c1ncn(-c2cc(Cl)c(O)c(Cl)c2)n1. The Morgan fingerprint density at radius 2 is 1.86 bits per heavy atom. The van der Waals surface area contributed by atoms with Crippen molar-refractivity contribution in [1.29, 1.82) is 0 Å². The fourth-order valence-corrected chi connectivity index (χ4v) is 3.14. The van der Waals surface area contributed by atoms with Gasteiger partial charge in [-0.15, -0.1) is 5.10 Å². The minimum atomic E-state index is -0.427. The van der Waals surface area contributed by atoms with Crippen LogP contribution in [0.25, 0.3) is 11.4 Å². The quantitative estimate of drug-likeness (QED) is 0.507. The molecule has 0 aliphatic carbocycles. The zero-order valence-corrected chi connectivity index (χ0v) is 16.3. The third kappa shape index (κ3) is 4.08. The summed E-state index contributed by atoms with van der Waals surface area (Å²) in [4.78, 5) is 16.4. The van der Waals surface area contributed by atoms with Crippen molar-refractivity contribution in [2.24, 2.45) is 0 Å². The summed E-state index contributed by atoms with van der Waals surface area (Å²) in [5.74, 6) is -0.648. The van der Waals surface area contributed by atoms with E-state index in [0.717, 1.165) is 11.3 Å². The molecule has 2 N–H and O–H groups in total. The van der Waals surface area contributed by atoms with Crippen molar-refractivity contribution >= 4 is 29.1 Å². The van der Waals surface area contributed by atoms with E-state index < -0.39 is 5.91 Å². The van der Waals surface area contributed by atoms with Gasteiger partial charge in [-0.1, -0.05) is 35.3 Å². The van der Waals surface area contributed by atoms with Crippen LogP contribution in [0.1, 0.15) is 16.2 Å². The van der Waals surface area contributed by atoms with Crippen molar-refractivity contribution in [3.8, 4) is 17.1 Å². The number of hydrogen-bond donors (Lipinski definition) is 2. The van der Waals surface area contributed by atoms with E-state index >= 15 is 0 Å². The molecule has 0 fully saturated rings. The summed E-state index contributed by atoms with van der Waals surface area (Å²) in [7, 11) is 0. The average Bonchev–Trinajstić information content (AvgIpc) is 3.42. The molecule has 0 radical (unpaired) electrons. The summed E-state index contributed by atoms with van der Waals surface area (Å²) < 4.78 is 3.09. The smallest absolute Gasteiger partial charge is 0.291 e. The van der Waals surface area contributed by atoms with E-state index in [9.17, 15) is 9.90 Å². The Hall–Kier alpha value is -3.36. The van der Waals surface area contributed by atoms with Crippen LogP contribution in [-0.2, 0) is 6.54 Å². The van der Waals surface area contributed by atoms with E-state index in [1.807, 2.05) is 36.5 Å². The van der Waals surface area contributed by atoms with Crippen molar-refractivity contribution in [3.63, 3.8) is 0 Å². The minimum Gasteiger partial charge on any atom is -0.505 e. The number of benzene rings is 2. The highest BCUT2D eigenvalue weighted by Gasteiger charge is 2.14. The number of hydrogen-bond acceptors (Lipinski definition) is 5. The maximum atomic E-state index is 12.4. The van der Waals surface area contributed by atoms with Gasteiger partial charge in [0, 0.05) is 18.9 Å². The molecule has 146 valence electrons. The Bertz CT molecular complexity index is 1150. The van der Waals surface area contributed by atoms with Crippen LogP contribution < -0.4 is 5.32 Å². The van der Waals surface area contributed by atoms with Gasteiger partial charge in [-0.2, -0.15) is 5.10 Å². The molecular formula is C19H14Cl2N6O2. The van der Waals surface area contributed by atoms with Crippen LogP contribution in [0.2, 0.25) is 10.0 Å². The van der Waals surface area contributed by atoms with E-state index in [-0.39, 0.29) is 21.6 Å². The second-order valence-electron chi connectivity index (χ2n) is 6.07. The number of carbonyl (C=O) groups is 1. The molecule has 0 aliphatic heterocycles. The van der Waals surface area contributed by atoms with Crippen LogP contribution in [0.3, 0.4) is 0 Å². The minimum absolute atomic E-state index is 0.00597. The van der Waals surface area contributed by atoms with Crippen molar-refractivity contribution < 1.29 is 9.90 Å². The molecule has 0 saturated heterocycles. The lowest BCUT2D eigenvalue weighted by Gasteiger charge is -2.06. The zero-order valence-electron chi connectivity index (χ0n) is 14.8. The Balaban J connectivity index is 1.46. The van der Waals surface area contributed by atoms with Crippen molar-refractivity contribution in [1.82, 2.24) is 29.9 Å². The number of amides is 1. The lowest BCUT2D eigenvalue weighted by atomic mass is 10.2. The van der Waals surface area contributed by atoms with Crippen molar-refractivity contribution in [2.75, 3.05) is 0 Å². The predicted molar refractivity (Wildman–Crippen MR) is 108 cm³/mol. The summed E-state index contributed by atoms with van der Waals surface area (Å²) in [5, 5.41) is 20.9. The summed E-state index contributed by atoms with van der Waals surface area (Å²) in [6.07, 6.45) is 4.91. The fraction of sp³-hybridized carbons (Fsp3) is 0.0526. The van der Waals surface area contributed by atoms with E-state index in [1.54, 1.807) is 10.9 Å². The third-order valence-corrected chi connectivity index (χ3v) is 4.67. The molecule has 10 heteroatoms. The molecule has 4 rings (SSSR count). The van der Waals surface area contributed by atoms with Gasteiger partial charge < -0.3 is 10.4 Å². The second-order valence-corrected chi connectivity index (χ2v) is 6.89. The van der Waals surface area contributed by atoms with Crippen LogP contribution in [0.4, 0.5) is 0 Å². The second kappa shape index (κ2) is 7.94. The van der Waals surface area contributed by atoms with Crippen molar-refractivity contribution in [3.05, 3.63) is 82.6 Å². The molecule has 0 saturated carbocycles. The first kappa shape index (κ1) is 19.0. The van der Waals surface area contributed by atoms with Gasteiger partial charge in [0.1, 0.15) is 6.33 Å². The largest absolute Gasteiger partial charge is 0.505 e. The van der Waals surface area contributed by atoms with Crippen LogP contribution >= 0.6 is 23.2 Å². The average molecular weight is 429 g/mol. The van der Waals surface area contributed by atoms with Crippen LogP contribution in [0, 0.1) is 0 Å². The number of carbonyl (C=O) groups excluding carboxylic acids is 1. The molecule has 0 bridgehead atoms. The fourth-order valence-electron chi connectivity index (χ4n) is 2.67. The standard InChI is InChI=1S/C19H14Cl2N6O2/c20-15-8-14(9-16(21)17(15)28)27-11-23-18(25-27)19(29)22-10-12-3-1-4-13(7-12)26-6-2-5-24-26/h1-9,11,28H,10H2,(H,22,29). The first-order chi connectivity index (χ1) is 14.0. The number of rotatable bonds is 5. The lowest BCUT2D eigenvalue weighted by Crippen LogP contribution is -2.24. The molecule has 0 unspecified atom stereocenters. The van der Waals surface area contributed by atoms with Crippen LogP contribution in [0.5, 0.6) is 5.75 Å². The van der Waals surface area contributed by atoms with Crippen molar-refractivity contribution in [2.45, 2.75) is 6.54 Å². The molecule has 2 aromatic carbocycles. The highest BCUT2D eigenvalue weighted by molar-refractivity contribution is 6.37. The van der Waals surface area contributed by atoms with Gasteiger partial charge in [0.2, 0.25) is 5.82 Å². The number of halogens is 2. The number of phenols is 1. The first-order valence-corrected chi connectivity index (χ1v) is 9.24. The van der Waals surface area contributed by atoms with Gasteiger partial charge in [-0.25, -0.2) is 14.3 Å². The van der Waals surface area contributed by atoms with E-state index in [1.165, 1.54) is 23.1 Å². The molecule has 2 aromatic heterocycles. The van der Waals surface area contributed by atoms with Gasteiger partial charge in [0.15, 0.2) is 5.75 Å². The molecule has 0 atom stereocenters. The Labute approximate surface area is 175 Å². The highest BCUT2D eigenvalue weighted by Crippen LogP contribution is 2.33. The van der Waals surface area contributed by atoms with Gasteiger partial charge in [-0.05, 0) is 35.9 Å². The van der Waals surface area contributed by atoms with E-state index in [0.29, 0.717) is 12.2 Å². The first-order valence-electron chi connectivity index (χ1n) is 8.48. The molecule has 29 heavy (non-hydrogen) atoms. The third-order valence-electron chi connectivity index (χ3n) is 4.09. The highest BCUT2D eigenvalue weighted by atomic mass is 35.5. The predicted octanol–water partition coefficient (Wildman–Crippen LogP) is 3.40. The number of aromatic hydroxyl groups is 1. The maximum Gasteiger partial charge on any atom is 0.291 e. The Morgan fingerprint density at radius 3 is 2.59 bits per heavy atom. The van der Waals surface area contributed by atoms with Gasteiger partial charge >= 0.3 is 0 Å². The van der Waals surface area contributed by atoms with Gasteiger partial charge in [0.05, 0.1) is 21.4 Å². The zero-order chi connectivity index (χ0) is 20.4. The molecule has 2 heterocycles. The summed E-state index contributed by atoms with van der Waals surface area (Å²) in [6.45, 7) is 0.305. The summed E-state index contributed by atoms with van der Waals surface area (Å²) in [5.41, 5.74) is 2.27. The van der Waals surface area contributed by atoms with Gasteiger partial charge in [0.25, 0.3) is 5.91 Å². The Morgan fingerprint density at radius 1 is 1.07 bits per heavy atom. The maximum absolute atomic E-state index is 12.4. The molecule has 1 amide bonds. The van der Waals surface area contributed by atoms with E-state index in [4.69, 9.17) is 23.2 Å². The number of phenolic OH excluding ortho intramolecular Hbond substituents is 1. The number of aromatic nitrogens is 5.